The minimum atomic E-state index is 1.22. The lowest BCUT2D eigenvalue weighted by Crippen LogP contribution is -1.93. The molecule has 9 aromatic carbocycles. The molecule has 0 nitrogen and oxygen atoms in total. The highest BCUT2D eigenvalue weighted by Gasteiger charge is 2.19. The van der Waals surface area contributed by atoms with E-state index >= 15 is 0 Å². The van der Waals surface area contributed by atoms with Crippen molar-refractivity contribution in [1.82, 2.24) is 0 Å². The van der Waals surface area contributed by atoms with E-state index in [9.17, 15) is 0 Å². The molecule has 0 saturated heterocycles. The second-order valence-electron chi connectivity index (χ2n) is 12.0. The van der Waals surface area contributed by atoms with Crippen molar-refractivity contribution in [1.29, 1.82) is 0 Å². The van der Waals surface area contributed by atoms with Gasteiger partial charge in [-0.2, -0.15) is 0 Å². The highest BCUT2D eigenvalue weighted by atomic mass is 14.2. The maximum absolute atomic E-state index is 2.44. The highest BCUT2D eigenvalue weighted by molar-refractivity contribution is 6.24. The number of rotatable bonds is 4. The van der Waals surface area contributed by atoms with Crippen LogP contribution in [-0.2, 0) is 0 Å². The Morgan fingerprint density at radius 3 is 1.41 bits per heavy atom. The van der Waals surface area contributed by atoms with Gasteiger partial charge >= 0.3 is 0 Å². The van der Waals surface area contributed by atoms with Crippen LogP contribution in [0.4, 0.5) is 0 Å². The summed E-state index contributed by atoms with van der Waals surface area (Å²) in [6.07, 6.45) is 0. The van der Waals surface area contributed by atoms with Crippen LogP contribution in [0.3, 0.4) is 0 Å². The van der Waals surface area contributed by atoms with Gasteiger partial charge in [0, 0.05) is 0 Å². The lowest BCUT2D eigenvalue weighted by molar-refractivity contribution is 1.63. The predicted octanol–water partition coefficient (Wildman–Crippen LogP) is 13.0. The molecule has 0 aliphatic carbocycles. The topological polar surface area (TPSA) is 0 Å². The van der Waals surface area contributed by atoms with Crippen molar-refractivity contribution >= 4 is 43.1 Å². The first kappa shape index (κ1) is 26.4. The first-order valence-corrected chi connectivity index (χ1v) is 15.9. The number of fused-ring (bicyclic) bond motifs is 4. The Balaban J connectivity index is 1.40. The van der Waals surface area contributed by atoms with E-state index in [0.29, 0.717) is 0 Å². The van der Waals surface area contributed by atoms with Gasteiger partial charge in [0.15, 0.2) is 0 Å². The van der Waals surface area contributed by atoms with Crippen LogP contribution in [0, 0.1) is 0 Å². The molecule has 0 heteroatoms. The van der Waals surface area contributed by atoms with Crippen LogP contribution in [0.25, 0.3) is 87.6 Å². The molecular formula is C46H30. The quantitative estimate of drug-likeness (QED) is 0.181. The fourth-order valence-electron chi connectivity index (χ4n) is 7.43. The van der Waals surface area contributed by atoms with Crippen molar-refractivity contribution < 1.29 is 0 Å². The molecule has 0 fully saturated rings. The Kier molecular flexibility index (Phi) is 6.25. The van der Waals surface area contributed by atoms with Crippen LogP contribution >= 0.6 is 0 Å². The van der Waals surface area contributed by atoms with Gasteiger partial charge in [-0.15, -0.1) is 0 Å². The van der Waals surface area contributed by atoms with Crippen LogP contribution in [0.1, 0.15) is 0 Å². The number of hydrogen-bond donors (Lipinski definition) is 0. The fourth-order valence-corrected chi connectivity index (χ4v) is 7.43. The molecule has 0 aromatic heterocycles. The van der Waals surface area contributed by atoms with Crippen molar-refractivity contribution in [3.8, 4) is 44.5 Å². The van der Waals surface area contributed by atoms with Crippen LogP contribution < -0.4 is 0 Å². The molecule has 0 N–H and O–H groups in total. The van der Waals surface area contributed by atoms with E-state index in [0.717, 1.165) is 0 Å². The minimum absolute atomic E-state index is 1.22. The summed E-state index contributed by atoms with van der Waals surface area (Å²) in [6, 6.07) is 66.5. The third kappa shape index (κ3) is 4.23. The zero-order valence-electron chi connectivity index (χ0n) is 25.3. The maximum atomic E-state index is 2.44. The van der Waals surface area contributed by atoms with Crippen molar-refractivity contribution in [2.24, 2.45) is 0 Å². The summed E-state index contributed by atoms with van der Waals surface area (Å²) in [5.74, 6) is 0. The fraction of sp³-hybridized carbons (Fsp3) is 0. The van der Waals surface area contributed by atoms with Gasteiger partial charge in [0.1, 0.15) is 0 Å². The molecule has 0 atom stereocenters. The van der Waals surface area contributed by atoms with E-state index in [1.54, 1.807) is 0 Å². The average Bonchev–Trinajstić information content (AvgIpc) is 3.13. The van der Waals surface area contributed by atoms with E-state index in [1.807, 2.05) is 0 Å². The first-order chi connectivity index (χ1) is 22.8. The molecule has 0 bridgehead atoms. The monoisotopic (exact) mass is 582 g/mol. The standard InChI is InChI=1S/C46H30/c1-3-14-31(15-4-1)35-23-12-26-39-37(24-13-25-38(35)39)34-28-29-43-44(30-34)46(40-27-11-19-32-16-7-8-20-36(32)40)42-22-10-9-21-41(42)45(43)33-17-5-2-6-18-33/h1-30H. The van der Waals surface area contributed by atoms with E-state index < -0.39 is 0 Å². The van der Waals surface area contributed by atoms with Crippen LogP contribution in [0.2, 0.25) is 0 Å². The number of benzene rings is 9. The van der Waals surface area contributed by atoms with Gasteiger partial charge < -0.3 is 0 Å². The Morgan fingerprint density at radius 1 is 0.217 bits per heavy atom. The zero-order valence-corrected chi connectivity index (χ0v) is 25.3. The smallest absolute Gasteiger partial charge is 0.00199 e. The predicted molar refractivity (Wildman–Crippen MR) is 198 cm³/mol. The molecular weight excluding hydrogens is 553 g/mol. The number of hydrogen-bond acceptors (Lipinski definition) is 0. The molecule has 0 heterocycles. The van der Waals surface area contributed by atoms with E-state index in [4.69, 9.17) is 0 Å². The lowest BCUT2D eigenvalue weighted by atomic mass is 9.83. The molecule has 9 aromatic rings. The molecule has 0 spiro atoms. The normalized spacial score (nSPS) is 11.5. The Hall–Kier alpha value is -5.98. The maximum Gasteiger partial charge on any atom is -0.00199 e. The van der Waals surface area contributed by atoms with Crippen LogP contribution in [0.5, 0.6) is 0 Å². The van der Waals surface area contributed by atoms with Gasteiger partial charge in [-0.1, -0.05) is 176 Å². The highest BCUT2D eigenvalue weighted by Crippen LogP contribution is 2.46. The third-order valence-corrected chi connectivity index (χ3v) is 9.46. The molecule has 0 unspecified atom stereocenters. The molecule has 0 amide bonds. The van der Waals surface area contributed by atoms with Gasteiger partial charge in [0.25, 0.3) is 0 Å². The molecule has 0 aliphatic heterocycles. The van der Waals surface area contributed by atoms with Crippen molar-refractivity contribution in [2.75, 3.05) is 0 Å². The Morgan fingerprint density at radius 2 is 0.696 bits per heavy atom. The zero-order chi connectivity index (χ0) is 30.5. The van der Waals surface area contributed by atoms with Crippen LogP contribution in [0.15, 0.2) is 182 Å². The SMILES string of the molecule is c1ccc(-c2cccc3c(-c4ccc5c(-c6ccccc6)c6ccccc6c(-c6cccc7ccccc67)c5c4)cccc23)cc1. The Bertz CT molecular complexity index is 2550. The van der Waals surface area contributed by atoms with E-state index in [-0.39, 0.29) is 0 Å². The summed E-state index contributed by atoms with van der Waals surface area (Å²) in [5.41, 5.74) is 10.0. The van der Waals surface area contributed by atoms with Crippen molar-refractivity contribution in [2.45, 2.75) is 0 Å². The summed E-state index contributed by atoms with van der Waals surface area (Å²) >= 11 is 0. The second kappa shape index (κ2) is 10.9. The van der Waals surface area contributed by atoms with Gasteiger partial charge in [-0.25, -0.2) is 0 Å². The largest absolute Gasteiger partial charge is 0.0622 e. The Labute approximate surface area is 268 Å². The summed E-state index contributed by atoms with van der Waals surface area (Å²) in [5, 5.41) is 10.1. The van der Waals surface area contributed by atoms with Gasteiger partial charge in [-0.05, 0) is 93.7 Å². The third-order valence-electron chi connectivity index (χ3n) is 9.46. The molecule has 9 rings (SSSR count). The van der Waals surface area contributed by atoms with E-state index in [2.05, 4.69) is 182 Å². The van der Waals surface area contributed by atoms with E-state index in [1.165, 1.54) is 87.6 Å². The minimum Gasteiger partial charge on any atom is -0.0622 e. The van der Waals surface area contributed by atoms with Crippen molar-refractivity contribution in [3.05, 3.63) is 182 Å². The molecule has 0 radical (unpaired) electrons. The van der Waals surface area contributed by atoms with Crippen molar-refractivity contribution in [3.63, 3.8) is 0 Å². The molecule has 0 aliphatic rings. The lowest BCUT2D eigenvalue weighted by Gasteiger charge is -2.20. The summed E-state index contributed by atoms with van der Waals surface area (Å²) < 4.78 is 0. The van der Waals surface area contributed by atoms with Gasteiger partial charge in [0.05, 0.1) is 0 Å². The van der Waals surface area contributed by atoms with Gasteiger partial charge in [0.2, 0.25) is 0 Å². The average molecular weight is 583 g/mol. The molecule has 46 heavy (non-hydrogen) atoms. The summed E-state index contributed by atoms with van der Waals surface area (Å²) in [4.78, 5) is 0. The van der Waals surface area contributed by atoms with Crippen LogP contribution in [-0.4, -0.2) is 0 Å². The van der Waals surface area contributed by atoms with Gasteiger partial charge in [-0.3, -0.25) is 0 Å². The molecule has 0 saturated carbocycles. The molecule has 214 valence electrons. The summed E-state index contributed by atoms with van der Waals surface area (Å²) in [6.45, 7) is 0. The second-order valence-corrected chi connectivity index (χ2v) is 12.0. The summed E-state index contributed by atoms with van der Waals surface area (Å²) in [7, 11) is 0. The first-order valence-electron chi connectivity index (χ1n) is 15.9.